The quantitative estimate of drug-likeness (QED) is 0.541. The van der Waals surface area contributed by atoms with Crippen molar-refractivity contribution in [1.29, 1.82) is 0 Å². The normalized spacial score (nSPS) is 14.9. The smallest absolute Gasteiger partial charge is 0.309 e. The number of esters is 1. The highest BCUT2D eigenvalue weighted by Crippen LogP contribution is 2.35. The Morgan fingerprint density at radius 1 is 1.03 bits per heavy atom. The standard InChI is InChI=1S/C27H29NO3/c1-18-8-11-22(24-15-19(16-27(29)31-3)9-13-26(24)30-2)21(14-18)17-28-25-12-10-20-6-4-5-7-23(20)25/h4-9,11,13-15,25,28H,10,12,16-17H2,1-3H3/t25-/m0/s1. The summed E-state index contributed by atoms with van der Waals surface area (Å²) in [6.07, 6.45) is 2.49. The highest BCUT2D eigenvalue weighted by Gasteiger charge is 2.22. The maximum Gasteiger partial charge on any atom is 0.309 e. The van der Waals surface area contributed by atoms with Crippen molar-refractivity contribution in [1.82, 2.24) is 5.32 Å². The van der Waals surface area contributed by atoms with Crippen molar-refractivity contribution in [2.45, 2.75) is 38.8 Å². The van der Waals surface area contributed by atoms with Gasteiger partial charge in [-0.25, -0.2) is 0 Å². The van der Waals surface area contributed by atoms with Gasteiger partial charge >= 0.3 is 5.97 Å². The van der Waals surface area contributed by atoms with Gasteiger partial charge in [0.05, 0.1) is 20.6 Å². The fourth-order valence-corrected chi connectivity index (χ4v) is 4.45. The Balaban J connectivity index is 1.64. The van der Waals surface area contributed by atoms with Gasteiger partial charge < -0.3 is 14.8 Å². The Bertz CT molecular complexity index is 1090. The SMILES string of the molecule is COC(=O)Cc1ccc(OC)c(-c2ccc(C)cc2CN[C@H]2CCc3ccccc32)c1. The van der Waals surface area contributed by atoms with Crippen molar-refractivity contribution >= 4 is 5.97 Å². The lowest BCUT2D eigenvalue weighted by atomic mass is 9.94. The van der Waals surface area contributed by atoms with Gasteiger partial charge in [0.25, 0.3) is 0 Å². The number of ether oxygens (including phenoxy) is 2. The fourth-order valence-electron chi connectivity index (χ4n) is 4.45. The molecule has 0 heterocycles. The van der Waals surface area contributed by atoms with Crippen LogP contribution in [0.3, 0.4) is 0 Å². The molecular formula is C27H29NO3. The Labute approximate surface area is 184 Å². The highest BCUT2D eigenvalue weighted by atomic mass is 16.5. The molecule has 0 saturated carbocycles. The molecule has 0 aromatic heterocycles. The number of methoxy groups -OCH3 is 2. The molecule has 0 saturated heterocycles. The second kappa shape index (κ2) is 9.36. The Kier molecular flexibility index (Phi) is 6.38. The van der Waals surface area contributed by atoms with Gasteiger partial charge in [-0.1, -0.05) is 54.1 Å². The molecule has 1 N–H and O–H groups in total. The predicted molar refractivity (Wildman–Crippen MR) is 123 cm³/mol. The molecule has 0 unspecified atom stereocenters. The number of fused-ring (bicyclic) bond motifs is 1. The molecule has 4 heteroatoms. The summed E-state index contributed by atoms with van der Waals surface area (Å²) >= 11 is 0. The number of benzene rings is 3. The van der Waals surface area contributed by atoms with Gasteiger partial charge in [-0.3, -0.25) is 4.79 Å². The molecule has 0 bridgehead atoms. The van der Waals surface area contributed by atoms with Crippen LogP contribution in [0, 0.1) is 6.92 Å². The van der Waals surface area contributed by atoms with Gasteiger partial charge in [0, 0.05) is 18.2 Å². The van der Waals surface area contributed by atoms with Gasteiger partial charge in [-0.2, -0.15) is 0 Å². The Morgan fingerprint density at radius 3 is 2.68 bits per heavy atom. The number of hydrogen-bond acceptors (Lipinski definition) is 4. The maximum absolute atomic E-state index is 11.8. The second-order valence-corrected chi connectivity index (χ2v) is 8.12. The molecule has 0 spiro atoms. The summed E-state index contributed by atoms with van der Waals surface area (Å²) in [7, 11) is 3.10. The maximum atomic E-state index is 11.8. The summed E-state index contributed by atoms with van der Waals surface area (Å²) in [5.74, 6) is 0.548. The first-order valence-corrected chi connectivity index (χ1v) is 10.7. The van der Waals surface area contributed by atoms with Crippen LogP contribution >= 0.6 is 0 Å². The van der Waals surface area contributed by atoms with E-state index in [1.807, 2.05) is 18.2 Å². The molecule has 0 radical (unpaired) electrons. The van der Waals surface area contributed by atoms with E-state index in [1.165, 1.54) is 29.4 Å². The molecule has 0 amide bonds. The number of carbonyl (C=O) groups excluding carboxylic acids is 1. The van der Waals surface area contributed by atoms with E-state index in [1.54, 1.807) is 7.11 Å². The molecule has 0 aliphatic heterocycles. The van der Waals surface area contributed by atoms with Gasteiger partial charge in [0.1, 0.15) is 5.75 Å². The zero-order chi connectivity index (χ0) is 21.8. The van der Waals surface area contributed by atoms with Crippen LogP contribution in [0.25, 0.3) is 11.1 Å². The minimum absolute atomic E-state index is 0.242. The summed E-state index contributed by atoms with van der Waals surface area (Å²) in [6.45, 7) is 2.88. The molecule has 3 aromatic rings. The zero-order valence-corrected chi connectivity index (χ0v) is 18.4. The third-order valence-corrected chi connectivity index (χ3v) is 6.06. The highest BCUT2D eigenvalue weighted by molar-refractivity contribution is 5.77. The van der Waals surface area contributed by atoms with Gasteiger partial charge in [0.2, 0.25) is 0 Å². The molecule has 3 aromatic carbocycles. The van der Waals surface area contributed by atoms with E-state index in [0.717, 1.165) is 41.8 Å². The third-order valence-electron chi connectivity index (χ3n) is 6.06. The largest absolute Gasteiger partial charge is 0.496 e. The topological polar surface area (TPSA) is 47.6 Å². The van der Waals surface area contributed by atoms with Crippen molar-refractivity contribution in [2.24, 2.45) is 0 Å². The van der Waals surface area contributed by atoms with Crippen molar-refractivity contribution in [3.05, 3.63) is 88.5 Å². The van der Waals surface area contributed by atoms with Crippen LogP contribution < -0.4 is 10.1 Å². The predicted octanol–water partition coefficient (Wildman–Crippen LogP) is 5.16. The van der Waals surface area contributed by atoms with E-state index in [0.29, 0.717) is 6.04 Å². The number of aryl methyl sites for hydroxylation is 2. The molecule has 1 atom stereocenters. The van der Waals surface area contributed by atoms with Crippen molar-refractivity contribution in [2.75, 3.05) is 14.2 Å². The number of hydrogen-bond donors (Lipinski definition) is 1. The zero-order valence-electron chi connectivity index (χ0n) is 18.4. The van der Waals surface area contributed by atoms with E-state index in [9.17, 15) is 4.79 Å². The van der Waals surface area contributed by atoms with Crippen LogP contribution in [0.1, 0.15) is 40.3 Å². The van der Waals surface area contributed by atoms with E-state index in [-0.39, 0.29) is 12.4 Å². The van der Waals surface area contributed by atoms with Crippen molar-refractivity contribution in [3.8, 4) is 16.9 Å². The first kappa shape index (κ1) is 21.1. The summed E-state index contributed by atoms with van der Waals surface area (Å²) in [6, 6.07) is 21.5. The first-order chi connectivity index (χ1) is 15.1. The molecule has 1 aliphatic rings. The molecular weight excluding hydrogens is 386 g/mol. The Morgan fingerprint density at radius 2 is 1.87 bits per heavy atom. The monoisotopic (exact) mass is 415 g/mol. The number of nitrogens with one attached hydrogen (secondary N) is 1. The van der Waals surface area contributed by atoms with Crippen LogP contribution in [-0.2, 0) is 28.9 Å². The average molecular weight is 416 g/mol. The van der Waals surface area contributed by atoms with E-state index in [4.69, 9.17) is 9.47 Å². The van der Waals surface area contributed by atoms with E-state index < -0.39 is 0 Å². The fraction of sp³-hybridized carbons (Fsp3) is 0.296. The molecule has 160 valence electrons. The number of rotatable bonds is 7. The lowest BCUT2D eigenvalue weighted by Gasteiger charge is -2.18. The van der Waals surface area contributed by atoms with Crippen LogP contribution in [0.5, 0.6) is 5.75 Å². The van der Waals surface area contributed by atoms with Gasteiger partial charge in [-0.05, 0) is 59.7 Å². The lowest BCUT2D eigenvalue weighted by molar-refractivity contribution is -0.139. The van der Waals surface area contributed by atoms with Crippen LogP contribution in [0.2, 0.25) is 0 Å². The summed E-state index contributed by atoms with van der Waals surface area (Å²) < 4.78 is 10.5. The van der Waals surface area contributed by atoms with Gasteiger partial charge in [0.15, 0.2) is 0 Å². The van der Waals surface area contributed by atoms with E-state index >= 15 is 0 Å². The first-order valence-electron chi connectivity index (χ1n) is 10.7. The van der Waals surface area contributed by atoms with E-state index in [2.05, 4.69) is 54.7 Å². The molecule has 0 fully saturated rings. The average Bonchev–Trinajstić information content (AvgIpc) is 3.21. The second-order valence-electron chi connectivity index (χ2n) is 8.12. The summed E-state index contributed by atoms with van der Waals surface area (Å²) in [5, 5.41) is 3.77. The number of carbonyl (C=O) groups is 1. The minimum atomic E-state index is -0.248. The van der Waals surface area contributed by atoms with Crippen LogP contribution in [-0.4, -0.2) is 20.2 Å². The van der Waals surface area contributed by atoms with Gasteiger partial charge in [-0.15, -0.1) is 0 Å². The van der Waals surface area contributed by atoms with Crippen molar-refractivity contribution < 1.29 is 14.3 Å². The van der Waals surface area contributed by atoms with Crippen LogP contribution in [0.15, 0.2) is 60.7 Å². The summed E-state index contributed by atoms with van der Waals surface area (Å²) in [4.78, 5) is 11.8. The summed E-state index contributed by atoms with van der Waals surface area (Å²) in [5.41, 5.74) is 8.32. The molecule has 4 nitrogen and oxygen atoms in total. The van der Waals surface area contributed by atoms with Crippen LogP contribution in [0.4, 0.5) is 0 Å². The Hall–Kier alpha value is -3.11. The molecule has 1 aliphatic carbocycles. The van der Waals surface area contributed by atoms with Crippen molar-refractivity contribution in [3.63, 3.8) is 0 Å². The minimum Gasteiger partial charge on any atom is -0.496 e. The lowest BCUT2D eigenvalue weighted by Crippen LogP contribution is -2.19. The third kappa shape index (κ3) is 4.64. The molecule has 31 heavy (non-hydrogen) atoms. The molecule has 4 rings (SSSR count).